The zero-order valence-electron chi connectivity index (χ0n) is 18.0. The molecule has 0 aromatic heterocycles. The maximum Gasteiger partial charge on any atom is 0.185 e. The molecule has 3 rings (SSSR count). The number of carbonyl (C=O) groups excluding carboxylic acids is 1. The Kier molecular flexibility index (Phi) is 8.36. The normalized spacial score (nSPS) is 27.2. The van der Waals surface area contributed by atoms with Gasteiger partial charge in [0.25, 0.3) is 0 Å². The first kappa shape index (κ1) is 21.6. The summed E-state index contributed by atoms with van der Waals surface area (Å²) in [7, 11) is 0. The summed E-state index contributed by atoms with van der Waals surface area (Å²) in [6, 6.07) is 7.43. The first-order valence-corrected chi connectivity index (χ1v) is 11.6. The molecule has 1 nitrogen and oxygen atoms in total. The van der Waals surface area contributed by atoms with Gasteiger partial charge >= 0.3 is 0 Å². The molecular weight excluding hydrogens is 352 g/mol. The Hall–Kier alpha value is -2.07. The Morgan fingerprint density at radius 1 is 1.00 bits per heavy atom. The average Bonchev–Trinajstić information content (AvgIpc) is 2.78. The van der Waals surface area contributed by atoms with Crippen LogP contribution in [-0.4, -0.2) is 5.78 Å². The maximum atomic E-state index is 11.6. The third kappa shape index (κ3) is 6.46. The van der Waals surface area contributed by atoms with Crippen LogP contribution in [0.1, 0.15) is 87.1 Å². The van der Waals surface area contributed by atoms with Crippen LogP contribution in [0, 0.1) is 35.5 Å². The van der Waals surface area contributed by atoms with E-state index in [9.17, 15) is 4.79 Å². The smallest absolute Gasteiger partial charge is 0.185 e. The van der Waals surface area contributed by atoms with E-state index < -0.39 is 0 Å². The first-order chi connectivity index (χ1) is 14.2. The monoisotopic (exact) mass is 388 g/mol. The number of ketones is 1. The van der Waals surface area contributed by atoms with Gasteiger partial charge < -0.3 is 0 Å². The van der Waals surface area contributed by atoms with Gasteiger partial charge in [-0.3, -0.25) is 4.79 Å². The molecule has 2 aliphatic rings. The molecule has 154 valence electrons. The highest BCUT2D eigenvalue weighted by Gasteiger charge is 2.29. The summed E-state index contributed by atoms with van der Waals surface area (Å²) < 4.78 is 0. The number of carbonyl (C=O) groups is 1. The van der Waals surface area contributed by atoms with Crippen molar-refractivity contribution in [2.45, 2.75) is 71.1 Å². The predicted octanol–water partition coefficient (Wildman–Crippen LogP) is 7.38. The van der Waals surface area contributed by atoms with Crippen LogP contribution in [0.5, 0.6) is 0 Å². The molecule has 1 aromatic rings. The Labute approximate surface area is 177 Å². The molecule has 0 atom stereocenters. The molecule has 0 N–H and O–H groups in total. The lowest BCUT2D eigenvalue weighted by molar-refractivity contribution is 0.104. The summed E-state index contributed by atoms with van der Waals surface area (Å²) >= 11 is 0. The highest BCUT2D eigenvalue weighted by Crippen LogP contribution is 2.42. The molecule has 1 aromatic carbocycles. The molecule has 29 heavy (non-hydrogen) atoms. The summed E-state index contributed by atoms with van der Waals surface area (Å²) in [5, 5.41) is 0. The van der Waals surface area contributed by atoms with E-state index in [1.165, 1.54) is 70.3 Å². The predicted molar refractivity (Wildman–Crippen MR) is 123 cm³/mol. The summed E-state index contributed by atoms with van der Waals surface area (Å²) in [4.78, 5) is 11.6. The fourth-order valence-electron chi connectivity index (χ4n) is 5.31. The van der Waals surface area contributed by atoms with Crippen molar-refractivity contribution in [3.63, 3.8) is 0 Å². The van der Waals surface area contributed by atoms with Gasteiger partial charge in [0.1, 0.15) is 0 Å². The zero-order valence-corrected chi connectivity index (χ0v) is 18.0. The highest BCUT2D eigenvalue weighted by atomic mass is 16.1. The van der Waals surface area contributed by atoms with Gasteiger partial charge in [0.15, 0.2) is 5.78 Å². The second kappa shape index (κ2) is 11.2. The molecule has 2 aliphatic carbocycles. The Morgan fingerprint density at radius 3 is 2.21 bits per heavy atom. The van der Waals surface area contributed by atoms with Gasteiger partial charge in [-0.2, -0.15) is 0 Å². The molecule has 0 heterocycles. The van der Waals surface area contributed by atoms with Crippen LogP contribution in [0.15, 0.2) is 49.1 Å². The van der Waals surface area contributed by atoms with Crippen LogP contribution >= 0.6 is 0 Å². The van der Waals surface area contributed by atoms with Gasteiger partial charge in [-0.25, -0.2) is 0 Å². The first-order valence-electron chi connectivity index (χ1n) is 11.6. The fraction of sp³-hybridized carbons (Fsp3) is 0.536. The van der Waals surface area contributed by atoms with E-state index in [0.29, 0.717) is 11.5 Å². The fourth-order valence-corrected chi connectivity index (χ4v) is 5.31. The number of hydrogen-bond acceptors (Lipinski definition) is 1. The average molecular weight is 389 g/mol. The molecule has 0 unspecified atom stereocenters. The Morgan fingerprint density at radius 2 is 1.62 bits per heavy atom. The SMILES string of the molecule is C=CC(=O)c1ccc(C#CC=CC2CCC(C3CCC(CCC)CC3)CC2)cc1. The molecule has 0 spiro atoms. The van der Waals surface area contributed by atoms with Crippen molar-refractivity contribution < 1.29 is 4.79 Å². The molecule has 2 saturated carbocycles. The maximum absolute atomic E-state index is 11.6. The van der Waals surface area contributed by atoms with E-state index in [1.807, 2.05) is 30.3 Å². The van der Waals surface area contributed by atoms with Gasteiger partial charge in [-0.05, 0) is 98.6 Å². The van der Waals surface area contributed by atoms with Crippen LogP contribution in [0.25, 0.3) is 0 Å². The minimum atomic E-state index is -0.0472. The minimum absolute atomic E-state index is 0.0472. The number of allylic oxidation sites excluding steroid dienone is 3. The van der Waals surface area contributed by atoms with Gasteiger partial charge in [0.2, 0.25) is 0 Å². The van der Waals surface area contributed by atoms with Crippen LogP contribution in [0.3, 0.4) is 0 Å². The molecule has 0 aliphatic heterocycles. The molecule has 0 saturated heterocycles. The zero-order chi connectivity index (χ0) is 20.5. The summed E-state index contributed by atoms with van der Waals surface area (Å²) in [6.07, 6.45) is 19.9. The van der Waals surface area contributed by atoms with E-state index >= 15 is 0 Å². The van der Waals surface area contributed by atoms with Crippen molar-refractivity contribution in [2.24, 2.45) is 23.7 Å². The molecule has 0 amide bonds. The summed E-state index contributed by atoms with van der Waals surface area (Å²) in [6.45, 7) is 5.85. The molecular formula is C28H36O. The van der Waals surface area contributed by atoms with Crippen molar-refractivity contribution in [1.29, 1.82) is 0 Å². The van der Waals surface area contributed by atoms with Gasteiger partial charge in [0.05, 0.1) is 0 Å². The lowest BCUT2D eigenvalue weighted by atomic mass is 9.69. The quantitative estimate of drug-likeness (QED) is 0.282. The topological polar surface area (TPSA) is 17.1 Å². The van der Waals surface area contributed by atoms with Gasteiger partial charge in [-0.1, -0.05) is 57.1 Å². The number of hydrogen-bond donors (Lipinski definition) is 0. The lowest BCUT2D eigenvalue weighted by Gasteiger charge is -2.37. The molecule has 1 heteroatoms. The highest BCUT2D eigenvalue weighted by molar-refractivity contribution is 6.04. The third-order valence-electron chi connectivity index (χ3n) is 7.09. The standard InChI is InChI=1S/C28H36O/c1-3-7-22-10-16-25(17-11-22)26-18-12-23(13-19-26)8-5-6-9-24-14-20-27(21-15-24)28(29)4-2/h4-5,8,14-15,20-23,25-26H,2-3,7,10-13,16-19H2,1H3. The second-order valence-corrected chi connectivity index (χ2v) is 9.02. The lowest BCUT2D eigenvalue weighted by Crippen LogP contribution is -2.25. The van der Waals surface area contributed by atoms with E-state index in [0.717, 1.165) is 23.3 Å². The summed E-state index contributed by atoms with van der Waals surface area (Å²) in [5.41, 5.74) is 1.61. The van der Waals surface area contributed by atoms with Crippen molar-refractivity contribution in [3.8, 4) is 11.8 Å². The van der Waals surface area contributed by atoms with Crippen molar-refractivity contribution in [3.05, 3.63) is 60.2 Å². The number of benzene rings is 1. The van der Waals surface area contributed by atoms with E-state index in [2.05, 4.69) is 31.4 Å². The molecule has 0 radical (unpaired) electrons. The van der Waals surface area contributed by atoms with Crippen LogP contribution < -0.4 is 0 Å². The molecule has 0 bridgehead atoms. The third-order valence-corrected chi connectivity index (χ3v) is 7.09. The summed E-state index contributed by atoms with van der Waals surface area (Å²) in [5.74, 6) is 9.99. The second-order valence-electron chi connectivity index (χ2n) is 9.02. The van der Waals surface area contributed by atoms with E-state index in [1.54, 1.807) is 0 Å². The Bertz CT molecular complexity index is 742. The van der Waals surface area contributed by atoms with Gasteiger partial charge in [-0.15, -0.1) is 0 Å². The minimum Gasteiger partial charge on any atom is -0.289 e. The van der Waals surface area contributed by atoms with Crippen molar-refractivity contribution >= 4 is 5.78 Å². The number of rotatable bonds is 6. The Balaban J connectivity index is 1.41. The van der Waals surface area contributed by atoms with Crippen LogP contribution in [-0.2, 0) is 0 Å². The molecule has 2 fully saturated rings. The largest absolute Gasteiger partial charge is 0.289 e. The van der Waals surface area contributed by atoms with Crippen molar-refractivity contribution in [1.82, 2.24) is 0 Å². The van der Waals surface area contributed by atoms with Crippen LogP contribution in [0.4, 0.5) is 0 Å². The van der Waals surface area contributed by atoms with E-state index in [4.69, 9.17) is 0 Å². The van der Waals surface area contributed by atoms with E-state index in [-0.39, 0.29) is 5.78 Å². The van der Waals surface area contributed by atoms with Crippen molar-refractivity contribution in [2.75, 3.05) is 0 Å². The van der Waals surface area contributed by atoms with Gasteiger partial charge in [0, 0.05) is 11.1 Å². The van der Waals surface area contributed by atoms with Crippen LogP contribution in [0.2, 0.25) is 0 Å².